The third kappa shape index (κ3) is 2.65. The van der Waals surface area contributed by atoms with Crippen LogP contribution < -0.4 is 4.90 Å². The number of anilines is 1. The lowest BCUT2D eigenvalue weighted by atomic mass is 9.96. The van der Waals surface area contributed by atoms with Crippen molar-refractivity contribution < 1.29 is 23.5 Å². The zero-order valence-electron chi connectivity index (χ0n) is 15.9. The Labute approximate surface area is 177 Å². The van der Waals surface area contributed by atoms with Crippen molar-refractivity contribution in [3.05, 3.63) is 64.4 Å². The van der Waals surface area contributed by atoms with E-state index >= 15 is 0 Å². The second kappa shape index (κ2) is 6.80. The van der Waals surface area contributed by atoms with E-state index in [2.05, 4.69) is 0 Å². The van der Waals surface area contributed by atoms with Crippen LogP contribution in [0.4, 0.5) is 10.1 Å². The number of benzene rings is 2. The van der Waals surface area contributed by atoms with Crippen LogP contribution in [-0.4, -0.2) is 34.4 Å². The minimum absolute atomic E-state index is 0.0558. The Hall–Kier alpha value is -2.93. The first-order chi connectivity index (χ1) is 14.4. The van der Waals surface area contributed by atoms with Gasteiger partial charge in [0.1, 0.15) is 12.4 Å². The van der Waals surface area contributed by atoms with E-state index < -0.39 is 17.4 Å². The minimum Gasteiger partial charge on any atom is -0.457 e. The fourth-order valence-corrected chi connectivity index (χ4v) is 4.65. The molecule has 1 saturated carbocycles. The first kappa shape index (κ1) is 19.1. The molecule has 2 aromatic rings. The largest absolute Gasteiger partial charge is 0.457 e. The third-order valence-electron chi connectivity index (χ3n) is 5.95. The zero-order chi connectivity index (χ0) is 21.0. The number of halogens is 2. The van der Waals surface area contributed by atoms with E-state index in [1.54, 1.807) is 24.3 Å². The highest BCUT2D eigenvalue weighted by Crippen LogP contribution is 2.49. The van der Waals surface area contributed by atoms with E-state index in [0.717, 1.165) is 12.8 Å². The molecule has 1 atom stereocenters. The molecule has 0 radical (unpaired) electrons. The van der Waals surface area contributed by atoms with Gasteiger partial charge in [-0.25, -0.2) is 9.18 Å². The maximum absolute atomic E-state index is 14.1. The zero-order valence-corrected chi connectivity index (χ0v) is 16.7. The number of rotatable bonds is 4. The number of hydrogen-bond donors (Lipinski definition) is 0. The second-order valence-corrected chi connectivity index (χ2v) is 8.15. The summed E-state index contributed by atoms with van der Waals surface area (Å²) in [6.07, 6.45) is 1.75. The van der Waals surface area contributed by atoms with E-state index in [9.17, 15) is 18.8 Å². The van der Waals surface area contributed by atoms with E-state index in [4.69, 9.17) is 16.3 Å². The molecule has 3 aliphatic rings. The second-order valence-electron chi connectivity index (χ2n) is 7.75. The Morgan fingerprint density at radius 3 is 2.67 bits per heavy atom. The molecule has 30 heavy (non-hydrogen) atoms. The molecule has 2 heterocycles. The van der Waals surface area contributed by atoms with Gasteiger partial charge in [0.05, 0.1) is 16.3 Å². The van der Waals surface area contributed by atoms with Crippen molar-refractivity contribution in [2.45, 2.75) is 44.0 Å². The van der Waals surface area contributed by atoms with Crippen LogP contribution in [0.3, 0.4) is 0 Å². The maximum atomic E-state index is 14.1. The lowest BCUT2D eigenvalue weighted by molar-refractivity contribution is -0.159. The summed E-state index contributed by atoms with van der Waals surface area (Å²) in [7, 11) is 0. The molecule has 154 valence electrons. The number of carbonyl (C=O) groups excluding carboxylic acids is 3. The van der Waals surface area contributed by atoms with Crippen molar-refractivity contribution in [1.29, 1.82) is 0 Å². The van der Waals surface area contributed by atoms with Gasteiger partial charge < -0.3 is 9.64 Å². The fraction of sp³-hybridized carbons (Fsp3) is 0.318. The first-order valence-corrected chi connectivity index (χ1v) is 10.2. The van der Waals surface area contributed by atoms with Crippen molar-refractivity contribution in [1.82, 2.24) is 4.90 Å². The molecule has 0 aromatic heterocycles. The van der Waals surface area contributed by atoms with Gasteiger partial charge in [-0.15, -0.1) is 0 Å². The van der Waals surface area contributed by atoms with Gasteiger partial charge in [0.2, 0.25) is 11.6 Å². The average molecular weight is 429 g/mol. The van der Waals surface area contributed by atoms with E-state index in [0.29, 0.717) is 11.3 Å². The van der Waals surface area contributed by atoms with E-state index in [1.807, 2.05) is 0 Å². The molecular weight excluding hydrogens is 411 g/mol. The summed E-state index contributed by atoms with van der Waals surface area (Å²) < 4.78 is 19.6. The van der Waals surface area contributed by atoms with E-state index in [1.165, 1.54) is 28.0 Å². The number of fused-ring (bicyclic) bond motifs is 3. The monoisotopic (exact) mass is 428 g/mol. The molecule has 2 amide bonds. The molecule has 2 aliphatic heterocycles. The third-order valence-corrected chi connectivity index (χ3v) is 6.30. The Balaban J connectivity index is 1.56. The van der Waals surface area contributed by atoms with Gasteiger partial charge >= 0.3 is 5.97 Å². The maximum Gasteiger partial charge on any atom is 0.354 e. The Kier molecular flexibility index (Phi) is 4.32. The molecular formula is C22H18ClFN2O4. The number of para-hydroxylation sites is 1. The van der Waals surface area contributed by atoms with Crippen LogP contribution in [0.15, 0.2) is 42.5 Å². The normalized spacial score (nSPS) is 22.7. The van der Waals surface area contributed by atoms with Gasteiger partial charge in [-0.05, 0) is 37.1 Å². The van der Waals surface area contributed by atoms with Crippen molar-refractivity contribution in [3.8, 4) is 0 Å². The molecule has 0 spiro atoms. The summed E-state index contributed by atoms with van der Waals surface area (Å²) in [5.41, 5.74) is -0.704. The number of amides is 2. The van der Waals surface area contributed by atoms with Crippen molar-refractivity contribution in [3.63, 3.8) is 0 Å². The number of hydrogen-bond acceptors (Lipinski definition) is 4. The van der Waals surface area contributed by atoms with Crippen LogP contribution in [0.2, 0.25) is 5.02 Å². The lowest BCUT2D eigenvalue weighted by Gasteiger charge is -2.48. The fourth-order valence-electron chi connectivity index (χ4n) is 4.44. The van der Waals surface area contributed by atoms with Crippen LogP contribution in [0.25, 0.3) is 0 Å². The first-order valence-electron chi connectivity index (χ1n) is 9.81. The summed E-state index contributed by atoms with van der Waals surface area (Å²) >= 11 is 6.05. The molecule has 0 unspecified atom stereocenters. The Bertz CT molecular complexity index is 1070. The highest BCUT2D eigenvalue weighted by molar-refractivity contribution is 6.31. The summed E-state index contributed by atoms with van der Waals surface area (Å²) in [6, 6.07) is 10.8. The Morgan fingerprint density at radius 1 is 1.17 bits per heavy atom. The van der Waals surface area contributed by atoms with Crippen LogP contribution >= 0.6 is 11.6 Å². The smallest absolute Gasteiger partial charge is 0.354 e. The number of carbonyl (C=O) groups is 3. The standard InChI is InChI=1S/C22H18ClFN2O4/c23-16-5-3-6-17(24)15(16)12-30-21(29)22-11-10-19(27)26(22)18-7-2-1-4-14(18)20(28)25(22)13-8-9-13/h1-7,13H,8-12H2/t22-/m1/s1. The van der Waals surface area contributed by atoms with Gasteiger partial charge in [0.15, 0.2) is 0 Å². The SMILES string of the molecule is O=C1CC[C@]2(C(=O)OCc3c(F)cccc3Cl)N1c1ccccc1C(=O)N2C1CC1. The van der Waals surface area contributed by atoms with Gasteiger partial charge in [0.25, 0.3) is 5.91 Å². The quantitative estimate of drug-likeness (QED) is 0.697. The number of esters is 1. The molecule has 2 fully saturated rings. The highest BCUT2D eigenvalue weighted by atomic mass is 35.5. The summed E-state index contributed by atoms with van der Waals surface area (Å²) in [6.45, 7) is -0.386. The molecule has 1 aliphatic carbocycles. The van der Waals surface area contributed by atoms with Crippen LogP contribution in [-0.2, 0) is 20.9 Å². The molecule has 0 N–H and O–H groups in total. The summed E-state index contributed by atoms with van der Waals surface area (Å²) in [5.74, 6) is -1.87. The van der Waals surface area contributed by atoms with Gasteiger partial charge in [0, 0.05) is 24.4 Å². The van der Waals surface area contributed by atoms with Crippen molar-refractivity contribution in [2.24, 2.45) is 0 Å². The molecule has 2 aromatic carbocycles. The van der Waals surface area contributed by atoms with Crippen molar-refractivity contribution in [2.75, 3.05) is 4.90 Å². The molecule has 6 nitrogen and oxygen atoms in total. The van der Waals surface area contributed by atoms with Gasteiger partial charge in [-0.1, -0.05) is 29.8 Å². The molecule has 1 saturated heterocycles. The predicted octanol–water partition coefficient (Wildman–Crippen LogP) is 3.66. The minimum atomic E-state index is -1.55. The topological polar surface area (TPSA) is 66.9 Å². The molecule has 0 bridgehead atoms. The van der Waals surface area contributed by atoms with Gasteiger partial charge in [-0.2, -0.15) is 0 Å². The summed E-state index contributed by atoms with van der Waals surface area (Å²) in [5, 5.41) is 0.142. The highest BCUT2D eigenvalue weighted by Gasteiger charge is 2.64. The predicted molar refractivity (Wildman–Crippen MR) is 106 cm³/mol. The number of ether oxygens (including phenoxy) is 1. The van der Waals surface area contributed by atoms with Crippen LogP contribution in [0.5, 0.6) is 0 Å². The van der Waals surface area contributed by atoms with Crippen LogP contribution in [0, 0.1) is 5.82 Å². The molecule has 8 heteroatoms. The van der Waals surface area contributed by atoms with E-state index in [-0.39, 0.29) is 47.9 Å². The molecule has 5 rings (SSSR count). The summed E-state index contributed by atoms with van der Waals surface area (Å²) in [4.78, 5) is 42.6. The number of nitrogens with zero attached hydrogens (tertiary/aromatic N) is 2. The van der Waals surface area contributed by atoms with Gasteiger partial charge in [-0.3, -0.25) is 14.5 Å². The lowest BCUT2D eigenvalue weighted by Crippen LogP contribution is -2.69. The average Bonchev–Trinajstić information content (AvgIpc) is 3.50. The van der Waals surface area contributed by atoms with Crippen LogP contribution in [0.1, 0.15) is 41.6 Å². The Morgan fingerprint density at radius 2 is 1.93 bits per heavy atom. The van der Waals surface area contributed by atoms with Crippen molar-refractivity contribution >= 4 is 35.1 Å².